The number of aromatic nitrogens is 3. The van der Waals surface area contributed by atoms with Gasteiger partial charge >= 0.3 is 6.18 Å². The van der Waals surface area contributed by atoms with Crippen LogP contribution in [0.1, 0.15) is 5.56 Å². The van der Waals surface area contributed by atoms with Crippen LogP contribution in [0.4, 0.5) is 13.2 Å². The molecule has 3 rings (SSSR count). The minimum atomic E-state index is -4.41. The number of benzene rings is 2. The van der Waals surface area contributed by atoms with Crippen LogP contribution in [-0.4, -0.2) is 15.0 Å². The van der Waals surface area contributed by atoms with Gasteiger partial charge in [-0.2, -0.15) is 13.2 Å². The molecule has 0 amide bonds. The molecule has 22 heavy (non-hydrogen) atoms. The van der Waals surface area contributed by atoms with E-state index in [9.17, 15) is 13.2 Å². The average Bonchev–Trinajstić information content (AvgIpc) is 2.97. The highest BCUT2D eigenvalue weighted by Gasteiger charge is 2.30. The lowest BCUT2D eigenvalue weighted by atomic mass is 10.1. The van der Waals surface area contributed by atoms with E-state index in [2.05, 4.69) is 10.3 Å². The van der Waals surface area contributed by atoms with Crippen LogP contribution >= 0.6 is 11.6 Å². The van der Waals surface area contributed by atoms with Crippen molar-refractivity contribution in [2.45, 2.75) is 6.18 Å². The number of nitrogens with zero attached hydrogens (tertiary/aromatic N) is 3. The first kappa shape index (κ1) is 14.6. The molecule has 0 aliphatic rings. The third kappa shape index (κ3) is 2.82. The molecule has 0 aliphatic carbocycles. The molecular formula is C15H9ClF3N3. The maximum absolute atomic E-state index is 12.8. The lowest BCUT2D eigenvalue weighted by molar-refractivity contribution is -0.137. The normalized spacial score (nSPS) is 11.6. The molecule has 0 aliphatic heterocycles. The van der Waals surface area contributed by atoms with E-state index < -0.39 is 11.7 Å². The SMILES string of the molecule is FC(F)(F)c1cccc(-n2nncc2-c2ccc(Cl)cc2)c1. The van der Waals surface area contributed by atoms with Crippen molar-refractivity contribution in [3.8, 4) is 16.9 Å². The summed E-state index contributed by atoms with van der Waals surface area (Å²) in [5, 5.41) is 8.23. The van der Waals surface area contributed by atoms with Crippen molar-refractivity contribution >= 4 is 11.6 Å². The predicted octanol–water partition coefficient (Wildman–Crippen LogP) is 4.61. The molecule has 2 aromatic carbocycles. The second-order valence-corrected chi connectivity index (χ2v) is 5.02. The maximum Gasteiger partial charge on any atom is 0.416 e. The summed E-state index contributed by atoms with van der Waals surface area (Å²) in [5.74, 6) is 0. The first-order valence-corrected chi connectivity index (χ1v) is 6.67. The Kier molecular flexibility index (Phi) is 3.62. The zero-order valence-electron chi connectivity index (χ0n) is 11.0. The first-order valence-electron chi connectivity index (χ1n) is 6.29. The molecule has 0 fully saturated rings. The molecule has 1 aromatic heterocycles. The largest absolute Gasteiger partial charge is 0.416 e. The molecule has 0 saturated carbocycles. The molecule has 0 atom stereocenters. The Balaban J connectivity index is 2.07. The lowest BCUT2D eigenvalue weighted by Gasteiger charge is -2.10. The molecule has 0 spiro atoms. The monoisotopic (exact) mass is 323 g/mol. The van der Waals surface area contributed by atoms with E-state index in [1.807, 2.05) is 0 Å². The topological polar surface area (TPSA) is 30.7 Å². The maximum atomic E-state index is 12.8. The highest BCUT2D eigenvalue weighted by atomic mass is 35.5. The highest BCUT2D eigenvalue weighted by Crippen LogP contribution is 2.31. The molecule has 3 nitrogen and oxygen atoms in total. The van der Waals surface area contributed by atoms with E-state index in [0.29, 0.717) is 10.7 Å². The number of hydrogen-bond acceptors (Lipinski definition) is 2. The minimum Gasteiger partial charge on any atom is -0.213 e. The number of hydrogen-bond donors (Lipinski definition) is 0. The van der Waals surface area contributed by atoms with Gasteiger partial charge in [0.25, 0.3) is 0 Å². The van der Waals surface area contributed by atoms with Crippen molar-refractivity contribution in [2.75, 3.05) is 0 Å². The Bertz CT molecular complexity index is 794. The van der Waals surface area contributed by atoms with Crippen molar-refractivity contribution in [1.82, 2.24) is 15.0 Å². The van der Waals surface area contributed by atoms with Gasteiger partial charge in [0.1, 0.15) is 0 Å². The van der Waals surface area contributed by atoms with Crippen LogP contribution in [0.5, 0.6) is 0 Å². The third-order valence-corrected chi connectivity index (χ3v) is 3.36. The molecule has 1 heterocycles. The van der Waals surface area contributed by atoms with Gasteiger partial charge in [-0.1, -0.05) is 35.0 Å². The Morgan fingerprint density at radius 3 is 2.41 bits per heavy atom. The molecular weight excluding hydrogens is 315 g/mol. The Hall–Kier alpha value is -2.34. The van der Waals surface area contributed by atoms with E-state index in [1.54, 1.807) is 30.3 Å². The van der Waals surface area contributed by atoms with E-state index in [0.717, 1.165) is 17.7 Å². The fourth-order valence-electron chi connectivity index (χ4n) is 2.06. The lowest BCUT2D eigenvalue weighted by Crippen LogP contribution is -2.07. The second kappa shape index (κ2) is 5.46. The number of halogens is 4. The van der Waals surface area contributed by atoms with Gasteiger partial charge in [0.2, 0.25) is 0 Å². The zero-order chi connectivity index (χ0) is 15.7. The number of alkyl halides is 3. The first-order chi connectivity index (χ1) is 10.4. The molecule has 7 heteroatoms. The van der Waals surface area contributed by atoms with E-state index in [-0.39, 0.29) is 5.69 Å². The van der Waals surface area contributed by atoms with Crippen molar-refractivity contribution < 1.29 is 13.2 Å². The van der Waals surface area contributed by atoms with E-state index in [1.165, 1.54) is 16.9 Å². The standard InChI is InChI=1S/C15H9ClF3N3/c16-12-6-4-10(5-7-12)14-9-20-21-22(14)13-3-1-2-11(8-13)15(17,18)19/h1-9H. The van der Waals surface area contributed by atoms with Gasteiger partial charge in [-0.15, -0.1) is 5.10 Å². The third-order valence-electron chi connectivity index (χ3n) is 3.11. The minimum absolute atomic E-state index is 0.289. The van der Waals surface area contributed by atoms with Crippen LogP contribution in [0.25, 0.3) is 16.9 Å². The Morgan fingerprint density at radius 2 is 1.73 bits per heavy atom. The Morgan fingerprint density at radius 1 is 1.00 bits per heavy atom. The summed E-state index contributed by atoms with van der Waals surface area (Å²) >= 11 is 5.84. The molecule has 0 radical (unpaired) electrons. The smallest absolute Gasteiger partial charge is 0.213 e. The fraction of sp³-hybridized carbons (Fsp3) is 0.0667. The van der Waals surface area contributed by atoms with Gasteiger partial charge in [-0.05, 0) is 30.3 Å². The second-order valence-electron chi connectivity index (χ2n) is 4.59. The van der Waals surface area contributed by atoms with Gasteiger partial charge in [-0.3, -0.25) is 0 Å². The highest BCUT2D eigenvalue weighted by molar-refractivity contribution is 6.30. The van der Waals surface area contributed by atoms with E-state index >= 15 is 0 Å². The van der Waals surface area contributed by atoms with E-state index in [4.69, 9.17) is 11.6 Å². The van der Waals surface area contributed by atoms with Crippen LogP contribution in [0.15, 0.2) is 54.7 Å². The van der Waals surface area contributed by atoms with Crippen molar-refractivity contribution in [3.63, 3.8) is 0 Å². The van der Waals surface area contributed by atoms with Crippen LogP contribution in [-0.2, 0) is 6.18 Å². The Labute approximate surface area is 129 Å². The summed E-state index contributed by atoms with van der Waals surface area (Å²) in [6, 6.07) is 11.8. The van der Waals surface area contributed by atoms with Crippen LogP contribution in [0, 0.1) is 0 Å². The molecule has 0 saturated heterocycles. The van der Waals surface area contributed by atoms with Crippen molar-refractivity contribution in [2.24, 2.45) is 0 Å². The van der Waals surface area contributed by atoms with Gasteiger partial charge < -0.3 is 0 Å². The summed E-state index contributed by atoms with van der Waals surface area (Å²) in [7, 11) is 0. The van der Waals surface area contributed by atoms with Crippen LogP contribution in [0.3, 0.4) is 0 Å². The average molecular weight is 324 g/mol. The van der Waals surface area contributed by atoms with Gasteiger partial charge in [0.05, 0.1) is 23.1 Å². The van der Waals surface area contributed by atoms with Gasteiger partial charge in [0, 0.05) is 10.6 Å². The zero-order valence-corrected chi connectivity index (χ0v) is 11.8. The summed E-state index contributed by atoms with van der Waals surface area (Å²) in [5.41, 5.74) is 0.891. The molecule has 0 N–H and O–H groups in total. The predicted molar refractivity (Wildman–Crippen MR) is 76.8 cm³/mol. The molecule has 0 bridgehead atoms. The summed E-state index contributed by atoms with van der Waals surface area (Å²) < 4.78 is 39.8. The quantitative estimate of drug-likeness (QED) is 0.689. The molecule has 112 valence electrons. The summed E-state index contributed by atoms with van der Waals surface area (Å²) in [6.07, 6.45) is -2.92. The van der Waals surface area contributed by atoms with Gasteiger partial charge in [0.15, 0.2) is 0 Å². The van der Waals surface area contributed by atoms with Crippen LogP contribution in [0.2, 0.25) is 5.02 Å². The number of rotatable bonds is 2. The summed E-state index contributed by atoms with van der Waals surface area (Å²) in [4.78, 5) is 0. The molecule has 0 unspecified atom stereocenters. The van der Waals surface area contributed by atoms with Gasteiger partial charge in [-0.25, -0.2) is 4.68 Å². The summed E-state index contributed by atoms with van der Waals surface area (Å²) in [6.45, 7) is 0. The van der Waals surface area contributed by atoms with Crippen LogP contribution < -0.4 is 0 Å². The molecule has 3 aromatic rings. The van der Waals surface area contributed by atoms with Crippen molar-refractivity contribution in [3.05, 3.63) is 65.3 Å². The fourth-order valence-corrected chi connectivity index (χ4v) is 2.18. The van der Waals surface area contributed by atoms with Crippen molar-refractivity contribution in [1.29, 1.82) is 0 Å².